The molecule has 3 heterocycles. The van der Waals surface area contributed by atoms with Crippen LogP contribution in [-0.4, -0.2) is 65.2 Å². The molecule has 0 saturated carbocycles. The maximum atomic E-state index is 9.00. The topological polar surface area (TPSA) is 94.2 Å². The minimum Gasteiger partial charge on any atom is -0.481 e. The summed E-state index contributed by atoms with van der Waals surface area (Å²) in [7, 11) is 2.20. The van der Waals surface area contributed by atoms with Gasteiger partial charge in [0.2, 0.25) is 0 Å². The van der Waals surface area contributed by atoms with Crippen LogP contribution < -0.4 is 0 Å². The molecule has 2 aliphatic heterocycles. The number of para-hydroxylation sites is 1. The minimum atomic E-state index is -0.833. The van der Waals surface area contributed by atoms with E-state index in [0.29, 0.717) is 5.41 Å². The number of furan rings is 1. The average molecular weight is 362 g/mol. The van der Waals surface area contributed by atoms with Crippen LogP contribution in [0.4, 0.5) is 0 Å². The highest BCUT2D eigenvalue weighted by Crippen LogP contribution is 2.39. The van der Waals surface area contributed by atoms with E-state index in [0.717, 1.165) is 31.7 Å². The molecule has 26 heavy (non-hydrogen) atoms. The lowest BCUT2D eigenvalue weighted by Gasteiger charge is -2.59. The second kappa shape index (κ2) is 8.33. The third kappa shape index (κ3) is 5.57. The molecule has 2 aliphatic rings. The summed E-state index contributed by atoms with van der Waals surface area (Å²) in [4.78, 5) is 22.9. The summed E-state index contributed by atoms with van der Waals surface area (Å²) in [5, 5.41) is 16.0. The standard InChI is InChI=1S/C15H18N2O.2C2H4O2/c1-16-8-15(9-16)10-17(11-15)7-13-6-12-4-2-3-5-14(12)18-13;2*1-2(3)4/h2-6H,7-11H2,1H3;2*1H3,(H,3,4). The molecule has 7 heteroatoms. The van der Waals surface area contributed by atoms with Gasteiger partial charge < -0.3 is 19.5 Å². The van der Waals surface area contributed by atoms with Crippen LogP contribution in [0.3, 0.4) is 0 Å². The van der Waals surface area contributed by atoms with Crippen molar-refractivity contribution in [1.29, 1.82) is 0 Å². The van der Waals surface area contributed by atoms with Crippen LogP contribution in [0.15, 0.2) is 34.7 Å². The lowest BCUT2D eigenvalue weighted by atomic mass is 9.73. The highest BCUT2D eigenvalue weighted by Gasteiger charge is 2.50. The van der Waals surface area contributed by atoms with E-state index in [-0.39, 0.29) is 0 Å². The van der Waals surface area contributed by atoms with Gasteiger partial charge in [0.1, 0.15) is 11.3 Å². The fourth-order valence-corrected chi connectivity index (χ4v) is 3.65. The van der Waals surface area contributed by atoms with Gasteiger partial charge in [-0.1, -0.05) is 18.2 Å². The molecular weight excluding hydrogens is 336 g/mol. The smallest absolute Gasteiger partial charge is 0.300 e. The first-order chi connectivity index (χ1) is 12.2. The molecule has 4 rings (SSSR count). The number of hydrogen-bond donors (Lipinski definition) is 2. The van der Waals surface area contributed by atoms with E-state index in [4.69, 9.17) is 24.2 Å². The molecule has 0 aliphatic carbocycles. The molecule has 2 aromatic rings. The predicted molar refractivity (Wildman–Crippen MR) is 98.0 cm³/mol. The van der Waals surface area contributed by atoms with Crippen LogP contribution in [0, 0.1) is 5.41 Å². The first-order valence-corrected chi connectivity index (χ1v) is 8.46. The zero-order valence-electron chi connectivity index (χ0n) is 15.4. The van der Waals surface area contributed by atoms with Crippen LogP contribution in [0.25, 0.3) is 11.0 Å². The largest absolute Gasteiger partial charge is 0.481 e. The summed E-state index contributed by atoms with van der Waals surface area (Å²) in [6.07, 6.45) is 0. The van der Waals surface area contributed by atoms with Crippen molar-refractivity contribution in [3.05, 3.63) is 36.1 Å². The van der Waals surface area contributed by atoms with Gasteiger partial charge in [-0.25, -0.2) is 0 Å². The summed E-state index contributed by atoms with van der Waals surface area (Å²) >= 11 is 0. The van der Waals surface area contributed by atoms with E-state index in [9.17, 15) is 0 Å². The highest BCUT2D eigenvalue weighted by atomic mass is 16.4. The van der Waals surface area contributed by atoms with E-state index in [1.165, 1.54) is 31.6 Å². The molecule has 0 atom stereocenters. The van der Waals surface area contributed by atoms with Gasteiger partial charge in [0.05, 0.1) is 6.54 Å². The second-order valence-electron chi connectivity index (χ2n) is 7.11. The summed E-state index contributed by atoms with van der Waals surface area (Å²) < 4.78 is 5.86. The van der Waals surface area contributed by atoms with Crippen molar-refractivity contribution < 1.29 is 24.2 Å². The van der Waals surface area contributed by atoms with Crippen molar-refractivity contribution in [1.82, 2.24) is 9.80 Å². The monoisotopic (exact) mass is 362 g/mol. The van der Waals surface area contributed by atoms with Gasteiger partial charge in [-0.3, -0.25) is 14.5 Å². The lowest BCUT2D eigenvalue weighted by Crippen LogP contribution is -2.70. The quantitative estimate of drug-likeness (QED) is 0.847. The minimum absolute atomic E-state index is 0.612. The number of benzene rings is 1. The molecule has 7 nitrogen and oxygen atoms in total. The van der Waals surface area contributed by atoms with Crippen LogP contribution in [0.5, 0.6) is 0 Å². The predicted octanol–water partition coefficient (Wildman–Crippen LogP) is 2.36. The molecule has 2 fully saturated rings. The van der Waals surface area contributed by atoms with Gasteiger partial charge in [0.25, 0.3) is 11.9 Å². The van der Waals surface area contributed by atoms with Gasteiger partial charge in [-0.15, -0.1) is 0 Å². The number of fused-ring (bicyclic) bond motifs is 1. The maximum Gasteiger partial charge on any atom is 0.300 e. The van der Waals surface area contributed by atoms with Crippen molar-refractivity contribution in [2.45, 2.75) is 20.4 Å². The van der Waals surface area contributed by atoms with Crippen LogP contribution >= 0.6 is 0 Å². The van der Waals surface area contributed by atoms with Gasteiger partial charge >= 0.3 is 0 Å². The van der Waals surface area contributed by atoms with Gasteiger partial charge in [-0.05, 0) is 19.2 Å². The Labute approximate surface area is 152 Å². The molecule has 2 N–H and O–H groups in total. The Kier molecular flexibility index (Phi) is 6.39. The maximum absolute atomic E-state index is 9.00. The number of nitrogens with zero attached hydrogens (tertiary/aromatic N) is 2. The molecule has 142 valence electrons. The Balaban J connectivity index is 0.000000261. The molecule has 0 unspecified atom stereocenters. The summed E-state index contributed by atoms with van der Waals surface area (Å²) in [6.45, 7) is 8.12. The third-order valence-corrected chi connectivity index (χ3v) is 4.18. The Morgan fingerprint density at radius 1 is 1.08 bits per heavy atom. The Morgan fingerprint density at radius 3 is 2.12 bits per heavy atom. The molecule has 1 aromatic heterocycles. The third-order valence-electron chi connectivity index (χ3n) is 4.18. The molecular formula is C19H26N2O5. The van der Waals surface area contributed by atoms with E-state index in [1.807, 2.05) is 12.1 Å². The first kappa shape index (κ1) is 19.9. The highest BCUT2D eigenvalue weighted by molar-refractivity contribution is 5.77. The fraction of sp³-hybridized carbons (Fsp3) is 0.474. The lowest BCUT2D eigenvalue weighted by molar-refractivity contribution is -0.135. The number of carboxylic acids is 2. The average Bonchev–Trinajstić information content (AvgIpc) is 2.84. The molecule has 0 bridgehead atoms. The Morgan fingerprint density at radius 2 is 1.62 bits per heavy atom. The number of aliphatic carboxylic acids is 2. The number of carboxylic acid groups (broad SMARTS) is 2. The van der Waals surface area contributed by atoms with E-state index < -0.39 is 11.9 Å². The zero-order valence-corrected chi connectivity index (χ0v) is 15.4. The second-order valence-corrected chi connectivity index (χ2v) is 7.11. The first-order valence-electron chi connectivity index (χ1n) is 8.46. The van der Waals surface area contributed by atoms with Crippen LogP contribution in [-0.2, 0) is 16.1 Å². The molecule has 0 amide bonds. The number of rotatable bonds is 2. The van der Waals surface area contributed by atoms with Crippen LogP contribution in [0.2, 0.25) is 0 Å². The summed E-state index contributed by atoms with van der Waals surface area (Å²) in [6, 6.07) is 10.4. The van der Waals surface area contributed by atoms with Crippen LogP contribution in [0.1, 0.15) is 19.6 Å². The van der Waals surface area contributed by atoms with E-state index in [2.05, 4.69) is 35.0 Å². The fourth-order valence-electron chi connectivity index (χ4n) is 3.65. The van der Waals surface area contributed by atoms with E-state index in [1.54, 1.807) is 0 Å². The number of hydrogen-bond acceptors (Lipinski definition) is 5. The zero-order chi connectivity index (χ0) is 19.3. The molecule has 0 radical (unpaired) electrons. The van der Waals surface area contributed by atoms with E-state index >= 15 is 0 Å². The Hall–Kier alpha value is -2.38. The summed E-state index contributed by atoms with van der Waals surface area (Å²) in [5.74, 6) is -0.571. The van der Waals surface area contributed by atoms with Crippen molar-refractivity contribution in [2.24, 2.45) is 5.41 Å². The molecule has 1 spiro atoms. The normalized spacial score (nSPS) is 18.0. The van der Waals surface area contributed by atoms with Gasteiger partial charge in [-0.2, -0.15) is 0 Å². The molecule has 1 aromatic carbocycles. The Bertz CT molecular complexity index is 703. The van der Waals surface area contributed by atoms with Gasteiger partial charge in [0, 0.05) is 50.8 Å². The van der Waals surface area contributed by atoms with Crippen molar-refractivity contribution in [3.8, 4) is 0 Å². The van der Waals surface area contributed by atoms with Gasteiger partial charge in [0.15, 0.2) is 0 Å². The number of carbonyl (C=O) groups is 2. The van der Waals surface area contributed by atoms with Crippen molar-refractivity contribution >= 4 is 22.9 Å². The SMILES string of the molecule is CC(=O)O.CC(=O)O.CN1CC2(C1)CN(Cc1cc3ccccc3o1)C2. The number of likely N-dealkylation sites (tertiary alicyclic amines) is 2. The molecule has 2 saturated heterocycles. The van der Waals surface area contributed by atoms with Crippen molar-refractivity contribution in [2.75, 3.05) is 33.2 Å². The van der Waals surface area contributed by atoms with Crippen molar-refractivity contribution in [3.63, 3.8) is 0 Å². The summed E-state index contributed by atoms with van der Waals surface area (Å²) in [5.41, 5.74) is 1.62.